The molecule has 2 nitrogen and oxygen atoms in total. The van der Waals surface area contributed by atoms with Gasteiger partial charge in [0.15, 0.2) is 0 Å². The molecule has 11 heavy (non-hydrogen) atoms. The summed E-state index contributed by atoms with van der Waals surface area (Å²) in [6, 6.07) is 6.97. The summed E-state index contributed by atoms with van der Waals surface area (Å²) in [5, 5.41) is 9.01. The van der Waals surface area contributed by atoms with Gasteiger partial charge < -0.3 is 10.8 Å². The van der Waals surface area contributed by atoms with Crippen molar-refractivity contribution in [2.75, 3.05) is 0 Å². The van der Waals surface area contributed by atoms with Crippen molar-refractivity contribution in [3.63, 3.8) is 0 Å². The molecule has 0 amide bonds. The van der Waals surface area contributed by atoms with Gasteiger partial charge in [0.2, 0.25) is 0 Å². The average Bonchev–Trinajstić information content (AvgIpc) is 1.88. The van der Waals surface area contributed by atoms with Crippen LogP contribution >= 0.6 is 17.0 Å². The summed E-state index contributed by atoms with van der Waals surface area (Å²) < 4.78 is 0. The molecular weight excluding hydrogens is 206 g/mol. The smallest absolute Gasteiger partial charge is 0.115 e. The lowest BCUT2D eigenvalue weighted by molar-refractivity contribution is 0.474. The Kier molecular flexibility index (Phi) is 4.15. The van der Waals surface area contributed by atoms with Crippen molar-refractivity contribution in [3.05, 3.63) is 29.8 Å². The second-order valence-corrected chi connectivity index (χ2v) is 2.38. The third kappa shape index (κ3) is 2.91. The summed E-state index contributed by atoms with van der Waals surface area (Å²) in [6.07, 6.45) is 0. The first-order valence-corrected chi connectivity index (χ1v) is 3.24. The van der Waals surface area contributed by atoms with Crippen LogP contribution in [0.4, 0.5) is 0 Å². The molecule has 3 heteroatoms. The molecule has 0 aliphatic heterocycles. The van der Waals surface area contributed by atoms with Crippen LogP contribution < -0.4 is 5.73 Å². The Morgan fingerprint density at radius 3 is 2.45 bits per heavy atom. The van der Waals surface area contributed by atoms with Gasteiger partial charge in [-0.2, -0.15) is 0 Å². The predicted molar refractivity (Wildman–Crippen MR) is 51.0 cm³/mol. The van der Waals surface area contributed by atoms with Crippen LogP contribution in [0.2, 0.25) is 0 Å². The maximum absolute atomic E-state index is 9.01. The van der Waals surface area contributed by atoms with E-state index < -0.39 is 0 Å². The minimum absolute atomic E-state index is 0. The van der Waals surface area contributed by atoms with Gasteiger partial charge >= 0.3 is 0 Å². The van der Waals surface area contributed by atoms with Crippen LogP contribution in [0.15, 0.2) is 24.3 Å². The molecule has 1 aromatic rings. The summed E-state index contributed by atoms with van der Waals surface area (Å²) in [5.74, 6) is 0.273. The largest absolute Gasteiger partial charge is 0.508 e. The van der Waals surface area contributed by atoms with Crippen LogP contribution in [0.25, 0.3) is 0 Å². The van der Waals surface area contributed by atoms with Crippen LogP contribution in [0.5, 0.6) is 5.75 Å². The van der Waals surface area contributed by atoms with Gasteiger partial charge in [-0.25, -0.2) is 0 Å². The summed E-state index contributed by atoms with van der Waals surface area (Å²) in [7, 11) is 0. The highest BCUT2D eigenvalue weighted by molar-refractivity contribution is 8.93. The number of nitrogens with two attached hydrogens (primary N) is 1. The molecule has 0 heterocycles. The third-order valence-corrected chi connectivity index (χ3v) is 1.40. The van der Waals surface area contributed by atoms with E-state index >= 15 is 0 Å². The fraction of sp³-hybridized carbons (Fsp3) is 0.250. The topological polar surface area (TPSA) is 46.2 Å². The summed E-state index contributed by atoms with van der Waals surface area (Å²) in [4.78, 5) is 0. The van der Waals surface area contributed by atoms with Crippen molar-refractivity contribution >= 4 is 17.0 Å². The zero-order valence-electron chi connectivity index (χ0n) is 6.32. The number of hydrogen-bond donors (Lipinski definition) is 2. The lowest BCUT2D eigenvalue weighted by Gasteiger charge is -2.03. The minimum atomic E-state index is -0.00731. The molecule has 3 N–H and O–H groups in total. The standard InChI is InChI=1S/C8H11NO.BrH/c1-6(9)7-3-2-4-8(10)5-7;/h2-6,10H,9H2,1H3;1H/t6-;/m0./s1. The highest BCUT2D eigenvalue weighted by Gasteiger charge is 1.97. The Bertz CT molecular complexity index is 225. The Labute approximate surface area is 76.8 Å². The molecule has 0 fully saturated rings. The molecule has 0 aliphatic carbocycles. The molecule has 0 radical (unpaired) electrons. The SMILES string of the molecule is Br.C[C@H](N)c1cccc(O)c1. The molecule has 0 aliphatic rings. The van der Waals surface area contributed by atoms with E-state index in [2.05, 4.69) is 0 Å². The second-order valence-electron chi connectivity index (χ2n) is 2.38. The van der Waals surface area contributed by atoms with Crippen molar-refractivity contribution in [1.29, 1.82) is 0 Å². The lowest BCUT2D eigenvalue weighted by Crippen LogP contribution is -2.03. The normalized spacial score (nSPS) is 11.8. The molecule has 0 spiro atoms. The number of rotatable bonds is 1. The van der Waals surface area contributed by atoms with Crippen molar-refractivity contribution in [2.45, 2.75) is 13.0 Å². The Balaban J connectivity index is 0.000001000. The molecule has 0 bridgehead atoms. The maximum Gasteiger partial charge on any atom is 0.115 e. The van der Waals surface area contributed by atoms with E-state index in [0.717, 1.165) is 5.56 Å². The number of aromatic hydroxyl groups is 1. The van der Waals surface area contributed by atoms with Gasteiger partial charge in [0.1, 0.15) is 5.75 Å². The van der Waals surface area contributed by atoms with Gasteiger partial charge in [-0.05, 0) is 24.6 Å². The zero-order chi connectivity index (χ0) is 7.56. The van der Waals surface area contributed by atoms with Crippen LogP contribution in [-0.2, 0) is 0 Å². The number of phenolic OH excluding ortho intramolecular Hbond substituents is 1. The molecule has 1 atom stereocenters. The molecule has 0 saturated carbocycles. The fourth-order valence-corrected chi connectivity index (χ4v) is 0.808. The summed E-state index contributed by atoms with van der Waals surface area (Å²) >= 11 is 0. The van der Waals surface area contributed by atoms with E-state index in [1.807, 2.05) is 13.0 Å². The van der Waals surface area contributed by atoms with Crippen molar-refractivity contribution < 1.29 is 5.11 Å². The number of phenols is 1. The van der Waals surface area contributed by atoms with Gasteiger partial charge in [-0.15, -0.1) is 17.0 Å². The van der Waals surface area contributed by atoms with E-state index in [1.54, 1.807) is 18.2 Å². The fourth-order valence-electron chi connectivity index (χ4n) is 0.808. The quantitative estimate of drug-likeness (QED) is 0.757. The summed E-state index contributed by atoms with van der Waals surface area (Å²) in [6.45, 7) is 1.88. The molecule has 62 valence electrons. The number of halogens is 1. The van der Waals surface area contributed by atoms with Crippen LogP contribution in [-0.4, -0.2) is 5.11 Å². The van der Waals surface area contributed by atoms with Crippen molar-refractivity contribution in [3.8, 4) is 5.75 Å². The van der Waals surface area contributed by atoms with Crippen molar-refractivity contribution in [1.82, 2.24) is 0 Å². The number of hydrogen-bond acceptors (Lipinski definition) is 2. The molecule has 1 aromatic carbocycles. The van der Waals surface area contributed by atoms with Crippen LogP contribution in [0.3, 0.4) is 0 Å². The van der Waals surface area contributed by atoms with E-state index in [9.17, 15) is 0 Å². The van der Waals surface area contributed by atoms with Gasteiger partial charge in [-0.3, -0.25) is 0 Å². The third-order valence-electron chi connectivity index (χ3n) is 1.40. The van der Waals surface area contributed by atoms with Crippen molar-refractivity contribution in [2.24, 2.45) is 5.73 Å². The van der Waals surface area contributed by atoms with E-state index in [0.29, 0.717) is 0 Å². The maximum atomic E-state index is 9.01. The first kappa shape index (κ1) is 10.5. The predicted octanol–water partition coefficient (Wildman–Crippen LogP) is 1.99. The zero-order valence-corrected chi connectivity index (χ0v) is 8.03. The molecular formula is C8H12BrNO. The Morgan fingerprint density at radius 1 is 1.45 bits per heavy atom. The van der Waals surface area contributed by atoms with Crippen LogP contribution in [0, 0.1) is 0 Å². The molecule has 0 aromatic heterocycles. The Hall–Kier alpha value is -0.540. The Morgan fingerprint density at radius 2 is 2.09 bits per heavy atom. The van der Waals surface area contributed by atoms with Gasteiger partial charge in [-0.1, -0.05) is 12.1 Å². The number of benzene rings is 1. The molecule has 1 rings (SSSR count). The molecule has 0 unspecified atom stereocenters. The first-order chi connectivity index (χ1) is 4.70. The minimum Gasteiger partial charge on any atom is -0.508 e. The van der Waals surface area contributed by atoms with Gasteiger partial charge in [0.25, 0.3) is 0 Å². The highest BCUT2D eigenvalue weighted by atomic mass is 79.9. The summed E-state index contributed by atoms with van der Waals surface area (Å²) in [5.41, 5.74) is 6.53. The lowest BCUT2D eigenvalue weighted by atomic mass is 10.1. The van der Waals surface area contributed by atoms with Gasteiger partial charge in [0.05, 0.1) is 0 Å². The monoisotopic (exact) mass is 217 g/mol. The molecule has 0 saturated heterocycles. The van der Waals surface area contributed by atoms with E-state index in [-0.39, 0.29) is 28.8 Å². The second kappa shape index (κ2) is 4.36. The van der Waals surface area contributed by atoms with Crippen LogP contribution in [0.1, 0.15) is 18.5 Å². The average molecular weight is 218 g/mol. The van der Waals surface area contributed by atoms with E-state index in [4.69, 9.17) is 10.8 Å². The highest BCUT2D eigenvalue weighted by Crippen LogP contribution is 2.15. The first-order valence-electron chi connectivity index (χ1n) is 3.24. The van der Waals surface area contributed by atoms with Gasteiger partial charge in [0, 0.05) is 6.04 Å². The van der Waals surface area contributed by atoms with E-state index in [1.165, 1.54) is 0 Å².